The molecule has 0 amide bonds. The number of nitrogens with zero attached hydrogens (tertiary/aromatic N) is 3. The third-order valence-electron chi connectivity index (χ3n) is 2.81. The third kappa shape index (κ3) is 3.60. The van der Waals surface area contributed by atoms with Crippen molar-refractivity contribution >= 4 is 0 Å². The average Bonchev–Trinajstić information content (AvgIpc) is 2.45. The number of nitrogens with one attached hydrogen (secondary N) is 1. The van der Waals surface area contributed by atoms with Crippen molar-refractivity contribution in [1.29, 1.82) is 0 Å². The molecular weight excluding hydrogens is 224 g/mol. The number of aromatic nitrogens is 3. The lowest BCUT2D eigenvalue weighted by molar-refractivity contribution is 0.526. The summed E-state index contributed by atoms with van der Waals surface area (Å²) in [5.74, 6) is 0. The fraction of sp³-hybridized carbons (Fsp3) is 0.357. The monoisotopic (exact) mass is 242 g/mol. The molecule has 0 spiro atoms. The summed E-state index contributed by atoms with van der Waals surface area (Å²) >= 11 is 0. The van der Waals surface area contributed by atoms with Gasteiger partial charge < -0.3 is 5.32 Å². The summed E-state index contributed by atoms with van der Waals surface area (Å²) in [7, 11) is 0. The molecule has 0 aliphatic rings. The van der Waals surface area contributed by atoms with E-state index < -0.39 is 0 Å². The highest BCUT2D eigenvalue weighted by Crippen LogP contribution is 2.16. The molecule has 2 heterocycles. The topological polar surface area (TPSA) is 50.7 Å². The second-order valence-corrected chi connectivity index (χ2v) is 4.25. The van der Waals surface area contributed by atoms with Crippen LogP contribution in [0.4, 0.5) is 0 Å². The number of pyridine rings is 1. The van der Waals surface area contributed by atoms with E-state index in [4.69, 9.17) is 0 Å². The van der Waals surface area contributed by atoms with Gasteiger partial charge in [-0.05, 0) is 42.6 Å². The van der Waals surface area contributed by atoms with E-state index in [0.717, 1.165) is 19.4 Å². The Balaban J connectivity index is 2.10. The molecular formula is C14H18N4. The van der Waals surface area contributed by atoms with Gasteiger partial charge in [0.2, 0.25) is 0 Å². The Bertz CT molecular complexity index is 444. The smallest absolute Gasteiger partial charge is 0.0544 e. The highest BCUT2D eigenvalue weighted by Gasteiger charge is 2.11. The molecule has 2 rings (SSSR count). The molecule has 1 N–H and O–H groups in total. The van der Waals surface area contributed by atoms with Gasteiger partial charge in [-0.25, -0.2) is 0 Å². The van der Waals surface area contributed by atoms with Crippen LogP contribution >= 0.6 is 0 Å². The molecule has 2 aromatic heterocycles. The molecule has 0 radical (unpaired) electrons. The molecule has 0 fully saturated rings. The van der Waals surface area contributed by atoms with Crippen molar-refractivity contribution < 1.29 is 0 Å². The Kier molecular flexibility index (Phi) is 4.78. The summed E-state index contributed by atoms with van der Waals surface area (Å²) in [5.41, 5.74) is 2.39. The largest absolute Gasteiger partial charge is 0.310 e. The zero-order valence-electron chi connectivity index (χ0n) is 10.6. The maximum atomic E-state index is 4.16. The second kappa shape index (κ2) is 6.81. The molecule has 0 aliphatic carbocycles. The minimum atomic E-state index is 0.268. The normalized spacial score (nSPS) is 12.3. The molecule has 0 bridgehead atoms. The van der Waals surface area contributed by atoms with Crippen LogP contribution in [0.3, 0.4) is 0 Å². The molecule has 0 saturated heterocycles. The first-order valence-electron chi connectivity index (χ1n) is 6.29. The van der Waals surface area contributed by atoms with Crippen LogP contribution in [0.5, 0.6) is 0 Å². The van der Waals surface area contributed by atoms with E-state index in [-0.39, 0.29) is 6.04 Å². The van der Waals surface area contributed by atoms with Gasteiger partial charge in [-0.2, -0.15) is 10.2 Å². The lowest BCUT2D eigenvalue weighted by Crippen LogP contribution is -2.24. The van der Waals surface area contributed by atoms with Crippen LogP contribution in [0.15, 0.2) is 43.0 Å². The van der Waals surface area contributed by atoms with Crippen molar-refractivity contribution in [3.05, 3.63) is 54.1 Å². The average molecular weight is 242 g/mol. The molecule has 0 aromatic carbocycles. The summed E-state index contributed by atoms with van der Waals surface area (Å²) in [4.78, 5) is 4.16. The maximum Gasteiger partial charge on any atom is 0.0544 e. The fourth-order valence-corrected chi connectivity index (χ4v) is 1.89. The van der Waals surface area contributed by atoms with Crippen molar-refractivity contribution in [3.8, 4) is 0 Å². The highest BCUT2D eigenvalue weighted by atomic mass is 15.1. The van der Waals surface area contributed by atoms with E-state index in [0.29, 0.717) is 0 Å². The lowest BCUT2D eigenvalue weighted by atomic mass is 10.0. The van der Waals surface area contributed by atoms with Gasteiger partial charge in [-0.15, -0.1) is 0 Å². The first-order chi connectivity index (χ1) is 8.90. The lowest BCUT2D eigenvalue weighted by Gasteiger charge is -2.18. The summed E-state index contributed by atoms with van der Waals surface area (Å²) in [5, 5.41) is 11.3. The van der Waals surface area contributed by atoms with E-state index in [1.54, 1.807) is 12.4 Å². The van der Waals surface area contributed by atoms with Gasteiger partial charge in [0.05, 0.1) is 6.20 Å². The fourth-order valence-electron chi connectivity index (χ4n) is 1.89. The molecule has 2 aromatic rings. The van der Waals surface area contributed by atoms with E-state index in [1.165, 1.54) is 11.1 Å². The van der Waals surface area contributed by atoms with Crippen molar-refractivity contribution in [3.63, 3.8) is 0 Å². The molecule has 94 valence electrons. The molecule has 18 heavy (non-hydrogen) atoms. The predicted octanol–water partition coefficient (Wildman–Crippen LogP) is 2.16. The highest BCUT2D eigenvalue weighted by molar-refractivity contribution is 5.18. The van der Waals surface area contributed by atoms with E-state index in [2.05, 4.69) is 33.5 Å². The summed E-state index contributed by atoms with van der Waals surface area (Å²) < 4.78 is 0. The minimum Gasteiger partial charge on any atom is -0.310 e. The third-order valence-corrected chi connectivity index (χ3v) is 2.81. The van der Waals surface area contributed by atoms with Gasteiger partial charge in [0.15, 0.2) is 0 Å². The van der Waals surface area contributed by atoms with Gasteiger partial charge in [-0.1, -0.05) is 13.0 Å². The Labute approximate surface area is 107 Å². The Morgan fingerprint density at radius 3 is 2.78 bits per heavy atom. The Morgan fingerprint density at radius 2 is 2.11 bits per heavy atom. The number of hydrogen-bond donors (Lipinski definition) is 1. The van der Waals surface area contributed by atoms with Gasteiger partial charge >= 0.3 is 0 Å². The zero-order valence-corrected chi connectivity index (χ0v) is 10.6. The molecule has 0 aliphatic heterocycles. The van der Waals surface area contributed by atoms with Gasteiger partial charge in [0.25, 0.3) is 0 Å². The van der Waals surface area contributed by atoms with Crippen molar-refractivity contribution in [2.24, 2.45) is 0 Å². The molecule has 1 atom stereocenters. The first kappa shape index (κ1) is 12.6. The van der Waals surface area contributed by atoms with Crippen LogP contribution in [0.2, 0.25) is 0 Å². The van der Waals surface area contributed by atoms with Crippen LogP contribution in [0.1, 0.15) is 30.5 Å². The molecule has 1 unspecified atom stereocenters. The zero-order chi connectivity index (χ0) is 12.6. The molecule has 4 heteroatoms. The maximum absolute atomic E-state index is 4.16. The van der Waals surface area contributed by atoms with Crippen LogP contribution in [-0.4, -0.2) is 21.7 Å². The summed E-state index contributed by atoms with van der Waals surface area (Å²) in [6.07, 6.45) is 9.30. The van der Waals surface area contributed by atoms with Crippen molar-refractivity contribution in [1.82, 2.24) is 20.5 Å². The van der Waals surface area contributed by atoms with E-state index in [1.807, 2.05) is 24.5 Å². The predicted molar refractivity (Wildman–Crippen MR) is 71.0 cm³/mol. The Hall–Kier alpha value is -1.81. The number of hydrogen-bond acceptors (Lipinski definition) is 4. The van der Waals surface area contributed by atoms with Crippen LogP contribution in [0, 0.1) is 0 Å². The van der Waals surface area contributed by atoms with E-state index >= 15 is 0 Å². The Morgan fingerprint density at radius 1 is 1.17 bits per heavy atom. The first-order valence-corrected chi connectivity index (χ1v) is 6.29. The summed E-state index contributed by atoms with van der Waals surface area (Å²) in [6, 6.07) is 6.35. The minimum absolute atomic E-state index is 0.268. The van der Waals surface area contributed by atoms with Gasteiger partial charge in [-0.3, -0.25) is 4.98 Å². The van der Waals surface area contributed by atoms with Crippen LogP contribution in [0.25, 0.3) is 0 Å². The van der Waals surface area contributed by atoms with Crippen molar-refractivity contribution in [2.45, 2.75) is 25.8 Å². The van der Waals surface area contributed by atoms with E-state index in [9.17, 15) is 0 Å². The number of rotatable bonds is 6. The van der Waals surface area contributed by atoms with Gasteiger partial charge in [0, 0.05) is 24.6 Å². The van der Waals surface area contributed by atoms with Crippen molar-refractivity contribution in [2.75, 3.05) is 6.54 Å². The van der Waals surface area contributed by atoms with Crippen LogP contribution < -0.4 is 5.32 Å². The van der Waals surface area contributed by atoms with Gasteiger partial charge in [0.1, 0.15) is 0 Å². The molecule has 0 saturated carbocycles. The molecule has 4 nitrogen and oxygen atoms in total. The quantitative estimate of drug-likeness (QED) is 0.843. The standard InChI is InChI=1S/C14H18N4/c1-2-6-16-14(13-5-8-17-18-11-13)9-12-4-3-7-15-10-12/h3-5,7-8,10-11,14,16H,2,6,9H2,1H3. The summed E-state index contributed by atoms with van der Waals surface area (Å²) in [6.45, 7) is 3.16. The second-order valence-electron chi connectivity index (χ2n) is 4.25. The van der Waals surface area contributed by atoms with Crippen LogP contribution in [-0.2, 0) is 6.42 Å². The SMILES string of the molecule is CCCNC(Cc1cccnc1)c1ccnnc1.